The maximum Gasteiger partial charge on any atom is 0.0485 e. The van der Waals surface area contributed by atoms with Gasteiger partial charge >= 0.3 is 0 Å². The molecule has 1 saturated carbocycles. The Labute approximate surface area is 109 Å². The van der Waals surface area contributed by atoms with Gasteiger partial charge in [-0.05, 0) is 58.5 Å². The van der Waals surface area contributed by atoms with Gasteiger partial charge in [0.25, 0.3) is 0 Å². The molecule has 1 aromatic heterocycles. The van der Waals surface area contributed by atoms with Gasteiger partial charge in [-0.25, -0.2) is 0 Å². The summed E-state index contributed by atoms with van der Waals surface area (Å²) in [4.78, 5) is 2.35. The molecule has 0 amide bonds. The third kappa shape index (κ3) is 1.76. The van der Waals surface area contributed by atoms with E-state index in [1.807, 2.05) is 0 Å². The summed E-state index contributed by atoms with van der Waals surface area (Å²) >= 11 is 0. The van der Waals surface area contributed by atoms with Crippen LogP contribution in [0.3, 0.4) is 0 Å². The highest BCUT2D eigenvalue weighted by atomic mass is 15.1. The van der Waals surface area contributed by atoms with Crippen molar-refractivity contribution < 1.29 is 0 Å². The fourth-order valence-electron chi connectivity index (χ4n) is 3.05. The van der Waals surface area contributed by atoms with Crippen LogP contribution in [0.2, 0.25) is 0 Å². The molecule has 0 bridgehead atoms. The third-order valence-electron chi connectivity index (χ3n) is 4.40. The summed E-state index contributed by atoms with van der Waals surface area (Å²) in [5, 5.41) is 1.42. The molecule has 2 heteroatoms. The van der Waals surface area contributed by atoms with Crippen LogP contribution in [0.1, 0.15) is 30.0 Å². The number of hydrogen-bond acceptors (Lipinski definition) is 1. The Balaban J connectivity index is 1.94. The second kappa shape index (κ2) is 4.13. The Hall–Kier alpha value is -1.28. The second-order valence-electron chi connectivity index (χ2n) is 5.98. The summed E-state index contributed by atoms with van der Waals surface area (Å²) in [6, 6.07) is 8.26. The van der Waals surface area contributed by atoms with Crippen molar-refractivity contribution in [3.05, 3.63) is 35.5 Å². The van der Waals surface area contributed by atoms with Gasteiger partial charge in [0.1, 0.15) is 0 Å². The number of aromatic nitrogens is 1. The van der Waals surface area contributed by atoms with Crippen LogP contribution in [0, 0.1) is 13.8 Å². The zero-order valence-electron chi connectivity index (χ0n) is 11.8. The molecule has 1 aliphatic rings. The third-order valence-corrected chi connectivity index (χ3v) is 4.40. The number of aryl methyl sites for hydroxylation is 2. The highest BCUT2D eigenvalue weighted by molar-refractivity contribution is 5.84. The van der Waals surface area contributed by atoms with Gasteiger partial charge in [0.15, 0.2) is 0 Å². The Morgan fingerprint density at radius 3 is 2.56 bits per heavy atom. The van der Waals surface area contributed by atoms with E-state index < -0.39 is 0 Å². The highest BCUT2D eigenvalue weighted by Crippen LogP contribution is 2.38. The Morgan fingerprint density at radius 1 is 1.17 bits per heavy atom. The number of benzene rings is 1. The minimum atomic E-state index is 0.691. The van der Waals surface area contributed by atoms with Gasteiger partial charge in [-0.3, -0.25) is 0 Å². The molecule has 96 valence electrons. The van der Waals surface area contributed by atoms with Crippen LogP contribution in [0.25, 0.3) is 10.9 Å². The minimum Gasteiger partial charge on any atom is -0.344 e. The SMILES string of the molecule is Cc1ccc2c(c1)c(C)cn2C1CC(N(C)C)C1. The normalized spacial score (nSPS) is 23.6. The van der Waals surface area contributed by atoms with Crippen LogP contribution in [0.4, 0.5) is 0 Å². The second-order valence-corrected chi connectivity index (χ2v) is 5.98. The molecule has 1 fully saturated rings. The van der Waals surface area contributed by atoms with Gasteiger partial charge in [-0.15, -0.1) is 0 Å². The van der Waals surface area contributed by atoms with Crippen LogP contribution in [0.5, 0.6) is 0 Å². The van der Waals surface area contributed by atoms with Gasteiger partial charge in [0.05, 0.1) is 0 Å². The smallest absolute Gasteiger partial charge is 0.0485 e. The van der Waals surface area contributed by atoms with E-state index >= 15 is 0 Å². The molecule has 0 unspecified atom stereocenters. The number of fused-ring (bicyclic) bond motifs is 1. The molecule has 1 aromatic carbocycles. The van der Waals surface area contributed by atoms with E-state index in [2.05, 4.69) is 61.8 Å². The van der Waals surface area contributed by atoms with Crippen LogP contribution in [0.15, 0.2) is 24.4 Å². The number of nitrogens with zero attached hydrogens (tertiary/aromatic N) is 2. The van der Waals surface area contributed by atoms with Crippen molar-refractivity contribution in [2.75, 3.05) is 14.1 Å². The summed E-state index contributed by atoms with van der Waals surface area (Å²) in [5.41, 5.74) is 4.16. The van der Waals surface area contributed by atoms with Gasteiger partial charge in [-0.2, -0.15) is 0 Å². The maximum atomic E-state index is 2.49. The molecule has 18 heavy (non-hydrogen) atoms. The minimum absolute atomic E-state index is 0.691. The molecule has 0 N–H and O–H groups in total. The van der Waals surface area contributed by atoms with Crippen molar-refractivity contribution in [3.63, 3.8) is 0 Å². The summed E-state index contributed by atoms with van der Waals surface area (Å²) in [6.45, 7) is 4.39. The van der Waals surface area contributed by atoms with Crippen LogP contribution >= 0.6 is 0 Å². The van der Waals surface area contributed by atoms with E-state index in [0.29, 0.717) is 6.04 Å². The molecular weight excluding hydrogens is 220 g/mol. The lowest BCUT2D eigenvalue weighted by Crippen LogP contribution is -2.41. The highest BCUT2D eigenvalue weighted by Gasteiger charge is 2.32. The maximum absolute atomic E-state index is 2.49. The van der Waals surface area contributed by atoms with Crippen molar-refractivity contribution in [3.8, 4) is 0 Å². The Morgan fingerprint density at radius 2 is 1.89 bits per heavy atom. The number of rotatable bonds is 2. The van der Waals surface area contributed by atoms with E-state index in [0.717, 1.165) is 6.04 Å². The van der Waals surface area contributed by atoms with Crippen LogP contribution in [-0.4, -0.2) is 29.6 Å². The fraction of sp³-hybridized carbons (Fsp3) is 0.500. The predicted molar refractivity (Wildman–Crippen MR) is 77.2 cm³/mol. The molecule has 0 atom stereocenters. The van der Waals surface area contributed by atoms with E-state index in [1.54, 1.807) is 0 Å². The zero-order chi connectivity index (χ0) is 12.9. The Kier molecular flexibility index (Phi) is 2.70. The summed E-state index contributed by atoms with van der Waals surface area (Å²) < 4.78 is 2.49. The lowest BCUT2D eigenvalue weighted by atomic mass is 9.85. The first kappa shape index (κ1) is 11.8. The summed E-state index contributed by atoms with van der Waals surface area (Å²) in [5.74, 6) is 0. The topological polar surface area (TPSA) is 8.17 Å². The average Bonchev–Trinajstić information content (AvgIpc) is 2.53. The van der Waals surface area contributed by atoms with Gasteiger partial charge in [0.2, 0.25) is 0 Å². The first-order valence-electron chi connectivity index (χ1n) is 6.80. The van der Waals surface area contributed by atoms with Crippen molar-refractivity contribution in [1.82, 2.24) is 9.47 Å². The fourth-order valence-corrected chi connectivity index (χ4v) is 3.05. The quantitative estimate of drug-likeness (QED) is 0.782. The average molecular weight is 242 g/mol. The molecule has 2 aromatic rings. The van der Waals surface area contributed by atoms with E-state index in [1.165, 1.54) is 34.9 Å². The van der Waals surface area contributed by atoms with Gasteiger partial charge < -0.3 is 9.47 Å². The monoisotopic (exact) mass is 242 g/mol. The number of hydrogen-bond donors (Lipinski definition) is 0. The van der Waals surface area contributed by atoms with Gasteiger partial charge in [-0.1, -0.05) is 11.6 Å². The summed E-state index contributed by atoms with van der Waals surface area (Å²) in [6.07, 6.45) is 4.90. The molecule has 0 saturated heterocycles. The molecule has 0 aliphatic heterocycles. The van der Waals surface area contributed by atoms with Crippen LogP contribution in [-0.2, 0) is 0 Å². The largest absolute Gasteiger partial charge is 0.344 e. The molecular formula is C16H22N2. The van der Waals surface area contributed by atoms with Crippen molar-refractivity contribution in [1.29, 1.82) is 0 Å². The molecule has 3 rings (SSSR count). The lowest BCUT2D eigenvalue weighted by Gasteiger charge is -2.40. The van der Waals surface area contributed by atoms with Crippen molar-refractivity contribution in [2.45, 2.75) is 38.8 Å². The van der Waals surface area contributed by atoms with Crippen molar-refractivity contribution in [2.24, 2.45) is 0 Å². The summed E-state index contributed by atoms with van der Waals surface area (Å²) in [7, 11) is 4.37. The predicted octanol–water partition coefficient (Wildman–Crippen LogP) is 3.52. The molecule has 1 aliphatic carbocycles. The molecule has 1 heterocycles. The van der Waals surface area contributed by atoms with E-state index in [9.17, 15) is 0 Å². The lowest BCUT2D eigenvalue weighted by molar-refractivity contribution is 0.132. The van der Waals surface area contributed by atoms with Crippen molar-refractivity contribution >= 4 is 10.9 Å². The zero-order valence-corrected chi connectivity index (χ0v) is 11.8. The molecule has 0 radical (unpaired) electrons. The first-order valence-corrected chi connectivity index (χ1v) is 6.80. The first-order chi connectivity index (χ1) is 8.56. The van der Waals surface area contributed by atoms with Crippen LogP contribution < -0.4 is 0 Å². The van der Waals surface area contributed by atoms with E-state index in [4.69, 9.17) is 0 Å². The Bertz CT molecular complexity index is 574. The molecule has 2 nitrogen and oxygen atoms in total. The van der Waals surface area contributed by atoms with Gasteiger partial charge in [0, 0.05) is 29.2 Å². The molecule has 0 spiro atoms. The van der Waals surface area contributed by atoms with E-state index in [-0.39, 0.29) is 0 Å². The standard InChI is InChI=1S/C16H22N2/c1-11-5-6-16-15(7-11)12(2)10-18(16)14-8-13(9-14)17(3)4/h5-7,10,13-14H,8-9H2,1-4H3.